The van der Waals surface area contributed by atoms with Crippen LogP contribution in [0.2, 0.25) is 0 Å². The molecule has 1 amide bonds. The van der Waals surface area contributed by atoms with Gasteiger partial charge in [-0.1, -0.05) is 24.6 Å². The molecule has 1 atom stereocenters. The van der Waals surface area contributed by atoms with E-state index in [9.17, 15) is 4.79 Å². The molecular formula is C18H25NO3S. The van der Waals surface area contributed by atoms with Gasteiger partial charge in [-0.2, -0.15) is 0 Å². The zero-order valence-corrected chi connectivity index (χ0v) is 14.3. The number of amides is 1. The lowest BCUT2D eigenvalue weighted by Gasteiger charge is -2.31. The molecule has 2 fully saturated rings. The molecule has 1 aliphatic heterocycles. The molecule has 1 spiro atoms. The van der Waals surface area contributed by atoms with Crippen LogP contribution >= 0.6 is 11.8 Å². The first kappa shape index (κ1) is 16.8. The van der Waals surface area contributed by atoms with Crippen LogP contribution in [0.1, 0.15) is 38.5 Å². The van der Waals surface area contributed by atoms with Crippen LogP contribution < -0.4 is 5.32 Å². The number of nitrogens with one attached hydrogen (secondary N) is 1. The van der Waals surface area contributed by atoms with Crippen molar-refractivity contribution >= 4 is 17.7 Å². The summed E-state index contributed by atoms with van der Waals surface area (Å²) in [6.45, 7) is 1.15. The summed E-state index contributed by atoms with van der Waals surface area (Å²) in [6, 6.07) is 10.2. The van der Waals surface area contributed by atoms with E-state index in [1.807, 2.05) is 18.2 Å². The van der Waals surface area contributed by atoms with Crippen LogP contribution in [0.15, 0.2) is 35.2 Å². The Balaban J connectivity index is 1.32. The first-order chi connectivity index (χ1) is 11.3. The van der Waals surface area contributed by atoms with Crippen LogP contribution in [0.3, 0.4) is 0 Å². The van der Waals surface area contributed by atoms with Gasteiger partial charge in [0.15, 0.2) is 5.79 Å². The summed E-state index contributed by atoms with van der Waals surface area (Å²) in [4.78, 5) is 13.1. The van der Waals surface area contributed by atoms with Crippen LogP contribution in [0.4, 0.5) is 0 Å². The molecule has 2 aliphatic rings. The first-order valence-corrected chi connectivity index (χ1v) is 9.51. The van der Waals surface area contributed by atoms with E-state index >= 15 is 0 Å². The van der Waals surface area contributed by atoms with Crippen LogP contribution in [0.25, 0.3) is 0 Å². The summed E-state index contributed by atoms with van der Waals surface area (Å²) in [7, 11) is 0. The smallest absolute Gasteiger partial charge is 0.220 e. The van der Waals surface area contributed by atoms with Crippen molar-refractivity contribution in [3.63, 3.8) is 0 Å². The predicted molar refractivity (Wildman–Crippen MR) is 91.4 cm³/mol. The number of ether oxygens (including phenoxy) is 2. The van der Waals surface area contributed by atoms with Crippen molar-refractivity contribution in [3.8, 4) is 0 Å². The second-order valence-electron chi connectivity index (χ2n) is 6.24. The monoisotopic (exact) mass is 335 g/mol. The predicted octanol–water partition coefficient (Wildman–Crippen LogP) is 3.36. The van der Waals surface area contributed by atoms with Gasteiger partial charge in [-0.05, 0) is 25.0 Å². The number of hydrogen-bond acceptors (Lipinski definition) is 4. The van der Waals surface area contributed by atoms with Crippen LogP contribution in [0, 0.1) is 0 Å². The molecule has 0 radical (unpaired) electrons. The Labute approximate surface area is 142 Å². The molecule has 1 unspecified atom stereocenters. The fourth-order valence-corrected chi connectivity index (χ4v) is 4.04. The minimum absolute atomic E-state index is 0.00109. The van der Waals surface area contributed by atoms with Gasteiger partial charge in [-0.25, -0.2) is 0 Å². The van der Waals surface area contributed by atoms with Crippen LogP contribution in [-0.2, 0) is 14.3 Å². The van der Waals surface area contributed by atoms with Crippen molar-refractivity contribution in [1.29, 1.82) is 0 Å². The number of thioether (sulfide) groups is 1. The minimum Gasteiger partial charge on any atom is -0.353 e. The zero-order valence-electron chi connectivity index (χ0n) is 13.5. The Morgan fingerprint density at radius 2 is 2.00 bits per heavy atom. The lowest BCUT2D eigenvalue weighted by Crippen LogP contribution is -2.37. The van der Waals surface area contributed by atoms with E-state index in [1.165, 1.54) is 24.2 Å². The summed E-state index contributed by atoms with van der Waals surface area (Å²) in [6.07, 6.45) is 6.13. The molecule has 1 aromatic rings. The second-order valence-corrected chi connectivity index (χ2v) is 7.41. The van der Waals surface area contributed by atoms with Gasteiger partial charge in [0.2, 0.25) is 5.91 Å². The van der Waals surface area contributed by atoms with Gasteiger partial charge >= 0.3 is 0 Å². The normalized spacial score (nSPS) is 23.0. The summed E-state index contributed by atoms with van der Waals surface area (Å²) >= 11 is 1.71. The van der Waals surface area contributed by atoms with E-state index in [-0.39, 0.29) is 17.8 Å². The topological polar surface area (TPSA) is 47.6 Å². The van der Waals surface area contributed by atoms with E-state index in [2.05, 4.69) is 17.4 Å². The van der Waals surface area contributed by atoms with E-state index < -0.39 is 0 Å². The maximum absolute atomic E-state index is 11.9. The van der Waals surface area contributed by atoms with Crippen molar-refractivity contribution in [3.05, 3.63) is 30.3 Å². The highest BCUT2D eigenvalue weighted by molar-refractivity contribution is 7.99. The number of benzene rings is 1. The van der Waals surface area contributed by atoms with Gasteiger partial charge in [-0.15, -0.1) is 11.8 Å². The molecule has 5 heteroatoms. The lowest BCUT2D eigenvalue weighted by molar-refractivity contribution is -0.186. The van der Waals surface area contributed by atoms with E-state index in [4.69, 9.17) is 9.47 Å². The first-order valence-electron chi connectivity index (χ1n) is 8.52. The quantitative estimate of drug-likeness (QED) is 0.810. The van der Waals surface area contributed by atoms with Gasteiger partial charge in [0, 0.05) is 36.5 Å². The third kappa shape index (κ3) is 4.96. The van der Waals surface area contributed by atoms with Crippen molar-refractivity contribution in [2.75, 3.05) is 18.9 Å². The standard InChI is InChI=1S/C18H25NO3S/c20-17(9-12-23-16-7-3-1-4-8-16)19-13-15-14-21-18(22-15)10-5-2-6-11-18/h1,3-4,7-8,15H,2,5-6,9-14H2,(H,19,20). The zero-order chi connectivity index (χ0) is 16.0. The number of hydrogen-bond donors (Lipinski definition) is 1. The molecule has 4 nitrogen and oxygen atoms in total. The van der Waals surface area contributed by atoms with E-state index in [1.54, 1.807) is 11.8 Å². The van der Waals surface area contributed by atoms with Gasteiger partial charge in [0.05, 0.1) is 6.61 Å². The Morgan fingerprint density at radius 1 is 1.22 bits per heavy atom. The Bertz CT molecular complexity index is 502. The Kier molecular flexibility index (Phi) is 5.97. The number of rotatable bonds is 6. The minimum atomic E-state index is -0.350. The number of carbonyl (C=O) groups is 1. The molecule has 0 bridgehead atoms. The average molecular weight is 335 g/mol. The molecule has 1 heterocycles. The molecule has 3 rings (SSSR count). The third-order valence-electron chi connectivity index (χ3n) is 4.40. The molecule has 1 N–H and O–H groups in total. The average Bonchev–Trinajstić information content (AvgIpc) is 2.97. The van der Waals surface area contributed by atoms with Gasteiger partial charge in [-0.3, -0.25) is 4.79 Å². The summed E-state index contributed by atoms with van der Waals surface area (Å²) < 4.78 is 12.0. The maximum atomic E-state index is 11.9. The Hall–Kier alpha value is -1.04. The fraction of sp³-hybridized carbons (Fsp3) is 0.611. The lowest BCUT2D eigenvalue weighted by atomic mass is 9.94. The van der Waals surface area contributed by atoms with Crippen molar-refractivity contribution in [2.24, 2.45) is 0 Å². The molecule has 1 aliphatic carbocycles. The second kappa shape index (κ2) is 8.18. The van der Waals surface area contributed by atoms with E-state index in [0.29, 0.717) is 19.6 Å². The molecule has 1 aromatic carbocycles. The molecule has 1 saturated heterocycles. The summed E-state index contributed by atoms with van der Waals surface area (Å²) in [5, 5.41) is 2.98. The summed E-state index contributed by atoms with van der Waals surface area (Å²) in [5.74, 6) is 0.528. The molecule has 126 valence electrons. The number of carbonyl (C=O) groups excluding carboxylic acids is 1. The molecule has 0 aromatic heterocycles. The van der Waals surface area contributed by atoms with Crippen LogP contribution in [0.5, 0.6) is 0 Å². The molecule has 23 heavy (non-hydrogen) atoms. The third-order valence-corrected chi connectivity index (χ3v) is 5.41. The Morgan fingerprint density at radius 3 is 2.78 bits per heavy atom. The van der Waals surface area contributed by atoms with Crippen molar-refractivity contribution in [1.82, 2.24) is 5.32 Å². The SMILES string of the molecule is O=C(CCSc1ccccc1)NCC1COC2(CCCCC2)O1. The molecular weight excluding hydrogens is 310 g/mol. The van der Waals surface area contributed by atoms with Gasteiger partial charge in [0.25, 0.3) is 0 Å². The maximum Gasteiger partial charge on any atom is 0.220 e. The molecule has 1 saturated carbocycles. The van der Waals surface area contributed by atoms with Crippen molar-refractivity contribution in [2.45, 2.75) is 55.3 Å². The highest BCUT2D eigenvalue weighted by atomic mass is 32.2. The van der Waals surface area contributed by atoms with E-state index in [0.717, 1.165) is 18.6 Å². The van der Waals surface area contributed by atoms with Gasteiger partial charge in [0.1, 0.15) is 6.10 Å². The van der Waals surface area contributed by atoms with Crippen LogP contribution in [-0.4, -0.2) is 36.7 Å². The fourth-order valence-electron chi connectivity index (χ4n) is 3.16. The highest BCUT2D eigenvalue weighted by Gasteiger charge is 2.42. The summed E-state index contributed by atoms with van der Waals surface area (Å²) in [5.41, 5.74) is 0. The van der Waals surface area contributed by atoms with Crippen molar-refractivity contribution < 1.29 is 14.3 Å². The van der Waals surface area contributed by atoms with Gasteiger partial charge < -0.3 is 14.8 Å². The largest absolute Gasteiger partial charge is 0.353 e. The highest BCUT2D eigenvalue weighted by Crippen LogP contribution is 2.37.